The third kappa shape index (κ3) is 4.08. The summed E-state index contributed by atoms with van der Waals surface area (Å²) in [5.74, 6) is -0.0139. The molecule has 0 aliphatic carbocycles. The van der Waals surface area contributed by atoms with E-state index in [1.807, 2.05) is 13.8 Å². The lowest BCUT2D eigenvalue weighted by atomic mass is 10.1. The fraction of sp³-hybridized carbons (Fsp3) is 0.500. The Hall–Kier alpha value is -1.26. The van der Waals surface area contributed by atoms with Crippen LogP contribution in [0.2, 0.25) is 0 Å². The van der Waals surface area contributed by atoms with Crippen LogP contribution in [-0.4, -0.2) is 30.3 Å². The molecule has 4 heteroatoms. The Labute approximate surface area is 95.6 Å². The van der Waals surface area contributed by atoms with E-state index in [2.05, 4.69) is 4.98 Å². The highest BCUT2D eigenvalue weighted by atomic mass is 16.7. The molecule has 0 unspecified atom stereocenters. The van der Waals surface area contributed by atoms with Crippen LogP contribution in [0.4, 0.5) is 0 Å². The van der Waals surface area contributed by atoms with Crippen molar-refractivity contribution in [3.8, 4) is 0 Å². The van der Waals surface area contributed by atoms with Crippen LogP contribution in [0, 0.1) is 0 Å². The summed E-state index contributed by atoms with van der Waals surface area (Å²) in [5, 5.41) is 0. The summed E-state index contributed by atoms with van der Waals surface area (Å²) in [4.78, 5) is 15.7. The predicted molar refractivity (Wildman–Crippen MR) is 60.2 cm³/mol. The molecule has 1 aromatic heterocycles. The van der Waals surface area contributed by atoms with Crippen molar-refractivity contribution in [2.24, 2.45) is 0 Å². The summed E-state index contributed by atoms with van der Waals surface area (Å²) in [7, 11) is 0. The lowest BCUT2D eigenvalue weighted by Crippen LogP contribution is -2.21. The first kappa shape index (κ1) is 12.8. The fourth-order valence-electron chi connectivity index (χ4n) is 1.33. The molecule has 0 fully saturated rings. The number of carbonyl (C=O) groups is 1. The van der Waals surface area contributed by atoms with E-state index in [1.165, 1.54) is 0 Å². The van der Waals surface area contributed by atoms with Crippen LogP contribution >= 0.6 is 0 Å². The molecule has 0 amide bonds. The molecule has 0 aliphatic heterocycles. The number of pyridine rings is 1. The van der Waals surface area contributed by atoms with Gasteiger partial charge in [0.05, 0.1) is 6.42 Å². The van der Waals surface area contributed by atoms with Crippen LogP contribution in [0.25, 0.3) is 0 Å². The van der Waals surface area contributed by atoms with Gasteiger partial charge in [0, 0.05) is 31.2 Å². The first-order valence-electron chi connectivity index (χ1n) is 5.44. The van der Waals surface area contributed by atoms with Crippen molar-refractivity contribution in [2.45, 2.75) is 26.6 Å². The molecule has 0 radical (unpaired) electrons. The molecule has 1 aromatic rings. The summed E-state index contributed by atoms with van der Waals surface area (Å²) in [5.41, 5.74) is 0.590. The topological polar surface area (TPSA) is 48.4 Å². The standard InChI is InChI=1S/C12H17NO3/c1-3-15-12(16-4-2)8-11(14)10-6-5-7-13-9-10/h5-7,9,12H,3-4,8H2,1-2H3. The van der Waals surface area contributed by atoms with Crippen LogP contribution in [0.15, 0.2) is 24.5 Å². The molecular formula is C12H17NO3. The Morgan fingerprint density at radius 2 is 2.06 bits per heavy atom. The van der Waals surface area contributed by atoms with Gasteiger partial charge in [-0.1, -0.05) is 0 Å². The fourth-order valence-corrected chi connectivity index (χ4v) is 1.33. The molecule has 0 N–H and O–H groups in total. The van der Waals surface area contributed by atoms with Crippen molar-refractivity contribution in [1.82, 2.24) is 4.98 Å². The van der Waals surface area contributed by atoms with E-state index in [0.717, 1.165) is 0 Å². The van der Waals surface area contributed by atoms with Crippen molar-refractivity contribution in [3.05, 3.63) is 30.1 Å². The minimum absolute atomic E-state index is 0.0139. The van der Waals surface area contributed by atoms with Gasteiger partial charge in [0.15, 0.2) is 12.1 Å². The zero-order valence-electron chi connectivity index (χ0n) is 9.68. The van der Waals surface area contributed by atoms with Gasteiger partial charge in [0.1, 0.15) is 0 Å². The second-order valence-electron chi connectivity index (χ2n) is 3.21. The van der Waals surface area contributed by atoms with Crippen molar-refractivity contribution >= 4 is 5.78 Å². The second-order valence-corrected chi connectivity index (χ2v) is 3.21. The summed E-state index contributed by atoms with van der Waals surface area (Å²) in [6.07, 6.45) is 2.96. The summed E-state index contributed by atoms with van der Waals surface area (Å²) in [6.45, 7) is 4.82. The number of nitrogens with zero attached hydrogens (tertiary/aromatic N) is 1. The minimum Gasteiger partial charge on any atom is -0.352 e. The summed E-state index contributed by atoms with van der Waals surface area (Å²) >= 11 is 0. The molecular weight excluding hydrogens is 206 g/mol. The van der Waals surface area contributed by atoms with Gasteiger partial charge >= 0.3 is 0 Å². The molecule has 0 bridgehead atoms. The average molecular weight is 223 g/mol. The Morgan fingerprint density at radius 3 is 2.56 bits per heavy atom. The molecule has 16 heavy (non-hydrogen) atoms. The lowest BCUT2D eigenvalue weighted by molar-refractivity contribution is -0.133. The number of Topliss-reactive ketones (excluding diaryl/α,β-unsaturated/α-hetero) is 1. The Morgan fingerprint density at radius 1 is 1.38 bits per heavy atom. The smallest absolute Gasteiger partial charge is 0.169 e. The lowest BCUT2D eigenvalue weighted by Gasteiger charge is -2.15. The van der Waals surface area contributed by atoms with E-state index < -0.39 is 6.29 Å². The Kier molecular flexibility index (Phi) is 5.67. The first-order chi connectivity index (χ1) is 7.77. The number of hydrogen-bond donors (Lipinski definition) is 0. The SMILES string of the molecule is CCOC(CC(=O)c1cccnc1)OCC. The van der Waals surface area contributed by atoms with Crippen LogP contribution in [0.5, 0.6) is 0 Å². The van der Waals surface area contributed by atoms with Gasteiger partial charge in [0.25, 0.3) is 0 Å². The predicted octanol–water partition coefficient (Wildman–Crippen LogP) is 2.05. The summed E-state index contributed by atoms with van der Waals surface area (Å²) in [6, 6.07) is 3.48. The highest BCUT2D eigenvalue weighted by Gasteiger charge is 2.15. The third-order valence-corrected chi connectivity index (χ3v) is 2.04. The second kappa shape index (κ2) is 7.09. The molecule has 0 atom stereocenters. The maximum absolute atomic E-state index is 11.8. The number of hydrogen-bond acceptors (Lipinski definition) is 4. The molecule has 0 aromatic carbocycles. The zero-order valence-corrected chi connectivity index (χ0v) is 9.68. The van der Waals surface area contributed by atoms with Gasteiger partial charge in [-0.25, -0.2) is 0 Å². The van der Waals surface area contributed by atoms with E-state index in [-0.39, 0.29) is 12.2 Å². The largest absolute Gasteiger partial charge is 0.352 e. The van der Waals surface area contributed by atoms with E-state index in [1.54, 1.807) is 24.5 Å². The molecule has 88 valence electrons. The van der Waals surface area contributed by atoms with Gasteiger partial charge in [-0.05, 0) is 26.0 Å². The van der Waals surface area contributed by atoms with Crippen LogP contribution < -0.4 is 0 Å². The maximum atomic E-state index is 11.8. The van der Waals surface area contributed by atoms with E-state index >= 15 is 0 Å². The highest BCUT2D eigenvalue weighted by molar-refractivity contribution is 5.95. The van der Waals surface area contributed by atoms with Gasteiger partial charge in [-0.3, -0.25) is 9.78 Å². The van der Waals surface area contributed by atoms with Crippen molar-refractivity contribution < 1.29 is 14.3 Å². The molecule has 0 spiro atoms. The molecule has 0 saturated heterocycles. The molecule has 0 aliphatic rings. The van der Waals surface area contributed by atoms with Gasteiger partial charge in [-0.15, -0.1) is 0 Å². The Balaban J connectivity index is 2.54. The zero-order chi connectivity index (χ0) is 11.8. The molecule has 1 heterocycles. The molecule has 4 nitrogen and oxygen atoms in total. The molecule has 0 saturated carbocycles. The number of aromatic nitrogens is 1. The van der Waals surface area contributed by atoms with Crippen LogP contribution in [0.3, 0.4) is 0 Å². The van der Waals surface area contributed by atoms with Crippen molar-refractivity contribution in [3.63, 3.8) is 0 Å². The number of rotatable bonds is 7. The number of ether oxygens (including phenoxy) is 2. The molecule has 1 rings (SSSR count). The van der Waals surface area contributed by atoms with E-state index in [0.29, 0.717) is 18.8 Å². The van der Waals surface area contributed by atoms with Gasteiger partial charge in [0.2, 0.25) is 0 Å². The monoisotopic (exact) mass is 223 g/mol. The van der Waals surface area contributed by atoms with E-state index in [4.69, 9.17) is 9.47 Å². The van der Waals surface area contributed by atoms with Crippen molar-refractivity contribution in [2.75, 3.05) is 13.2 Å². The van der Waals surface area contributed by atoms with Gasteiger partial charge < -0.3 is 9.47 Å². The van der Waals surface area contributed by atoms with Crippen molar-refractivity contribution in [1.29, 1.82) is 0 Å². The average Bonchev–Trinajstić information content (AvgIpc) is 2.31. The highest BCUT2D eigenvalue weighted by Crippen LogP contribution is 2.08. The number of carbonyl (C=O) groups excluding carboxylic acids is 1. The Bertz CT molecular complexity index is 307. The third-order valence-electron chi connectivity index (χ3n) is 2.04. The maximum Gasteiger partial charge on any atom is 0.169 e. The van der Waals surface area contributed by atoms with Crippen LogP contribution in [-0.2, 0) is 9.47 Å². The summed E-state index contributed by atoms with van der Waals surface area (Å²) < 4.78 is 10.6. The van der Waals surface area contributed by atoms with Crippen LogP contribution in [0.1, 0.15) is 30.6 Å². The van der Waals surface area contributed by atoms with Gasteiger partial charge in [-0.2, -0.15) is 0 Å². The first-order valence-corrected chi connectivity index (χ1v) is 5.44. The number of ketones is 1. The normalized spacial score (nSPS) is 10.7. The minimum atomic E-state index is -0.456. The van der Waals surface area contributed by atoms with E-state index in [9.17, 15) is 4.79 Å². The quantitative estimate of drug-likeness (QED) is 0.524.